The van der Waals surface area contributed by atoms with Crippen LogP contribution in [0.25, 0.3) is 0 Å². The van der Waals surface area contributed by atoms with Crippen LogP contribution in [0, 0.1) is 11.8 Å². The van der Waals surface area contributed by atoms with Gasteiger partial charge in [-0.1, -0.05) is 12.8 Å². The van der Waals surface area contributed by atoms with E-state index in [9.17, 15) is 0 Å². The van der Waals surface area contributed by atoms with Crippen molar-refractivity contribution in [1.29, 1.82) is 0 Å². The molecule has 10 heavy (non-hydrogen) atoms. The van der Waals surface area contributed by atoms with Gasteiger partial charge < -0.3 is 6.74 Å². The van der Waals surface area contributed by atoms with Gasteiger partial charge in [0.25, 0.3) is 0 Å². The Balaban J connectivity index is 0.000000500. The van der Waals surface area contributed by atoms with Gasteiger partial charge in [-0.25, -0.2) is 0 Å². The molecular formula is C8H16KN. The van der Waals surface area contributed by atoms with Gasteiger partial charge in [-0.05, 0) is 37.8 Å². The van der Waals surface area contributed by atoms with Gasteiger partial charge in [-0.15, -0.1) is 0 Å². The number of rotatable bonds is 0. The molecule has 1 aliphatic carbocycles. The molecule has 1 aliphatic heterocycles. The predicted molar refractivity (Wildman–Crippen MR) is 39.4 cm³/mol. The molecule has 1 saturated heterocycles. The van der Waals surface area contributed by atoms with Crippen molar-refractivity contribution >= 4 is 0 Å². The Morgan fingerprint density at radius 2 is 1.50 bits per heavy atom. The fourth-order valence-corrected chi connectivity index (χ4v) is 2.28. The first-order valence-corrected chi connectivity index (χ1v) is 4.17. The molecule has 0 bridgehead atoms. The number of nitrogens with one attached hydrogen (secondary N) is 1. The minimum atomic E-state index is 0. The Morgan fingerprint density at radius 1 is 1.00 bits per heavy atom. The molecule has 0 amide bonds. The second-order valence-corrected chi connectivity index (χ2v) is 3.46. The van der Waals surface area contributed by atoms with Crippen molar-refractivity contribution < 1.29 is 52.8 Å². The Labute approximate surface area is 107 Å². The van der Waals surface area contributed by atoms with E-state index in [1.165, 1.54) is 38.8 Å². The van der Waals surface area contributed by atoms with Gasteiger partial charge in [0.05, 0.1) is 0 Å². The van der Waals surface area contributed by atoms with Crippen molar-refractivity contribution in [3.8, 4) is 0 Å². The second-order valence-electron chi connectivity index (χ2n) is 3.46. The van der Waals surface area contributed by atoms with Crippen LogP contribution in [0.1, 0.15) is 27.1 Å². The molecule has 1 N–H and O–H groups in total. The third-order valence-corrected chi connectivity index (χ3v) is 2.88. The smallest absolute Gasteiger partial charge is 1.00 e. The molecular weight excluding hydrogens is 149 g/mol. The summed E-state index contributed by atoms with van der Waals surface area (Å²) in [4.78, 5) is 0. The molecule has 54 valence electrons. The summed E-state index contributed by atoms with van der Waals surface area (Å²) in [5, 5.41) is 3.46. The zero-order valence-corrected chi connectivity index (χ0v) is 10.0. The average molecular weight is 165 g/mol. The Hall–Kier alpha value is 1.60. The van der Waals surface area contributed by atoms with Gasteiger partial charge in [0, 0.05) is 0 Å². The zero-order valence-electron chi connectivity index (χ0n) is 7.90. The fraction of sp³-hybridized carbons (Fsp3) is 1.00. The molecule has 2 aliphatic rings. The molecule has 1 nitrogen and oxygen atoms in total. The molecule has 1 saturated carbocycles. The normalized spacial score (nSPS) is 38.4. The minimum absolute atomic E-state index is 0. The predicted octanol–water partition coefficient (Wildman–Crippen LogP) is -1.49. The summed E-state index contributed by atoms with van der Waals surface area (Å²) in [7, 11) is 0. The van der Waals surface area contributed by atoms with Gasteiger partial charge in [0.2, 0.25) is 0 Å². The van der Waals surface area contributed by atoms with Crippen LogP contribution >= 0.6 is 0 Å². The van der Waals surface area contributed by atoms with E-state index in [-0.39, 0.29) is 52.8 Å². The first-order chi connectivity index (χ1) is 4.47. The molecule has 2 heteroatoms. The van der Waals surface area contributed by atoms with Crippen molar-refractivity contribution in [3.05, 3.63) is 0 Å². The molecule has 0 aromatic carbocycles. The number of hydrogen-bond acceptors (Lipinski definition) is 1. The molecule has 2 atom stereocenters. The quantitative estimate of drug-likeness (QED) is 0.431. The maximum Gasteiger partial charge on any atom is 1.00 e. The third kappa shape index (κ3) is 2.05. The van der Waals surface area contributed by atoms with Crippen LogP contribution < -0.4 is 56.7 Å². The maximum absolute atomic E-state index is 3.46. The van der Waals surface area contributed by atoms with Gasteiger partial charge >= 0.3 is 51.4 Å². The monoisotopic (exact) mass is 165 g/mol. The molecule has 0 aromatic heterocycles. The summed E-state index contributed by atoms with van der Waals surface area (Å²) in [5.41, 5.74) is 0. The largest absolute Gasteiger partial charge is 1.00 e. The van der Waals surface area contributed by atoms with Gasteiger partial charge in [-0.3, -0.25) is 0 Å². The fourth-order valence-electron chi connectivity index (χ4n) is 2.28. The first-order valence-electron chi connectivity index (χ1n) is 4.17. The molecule has 0 spiro atoms. The van der Waals surface area contributed by atoms with E-state index in [1.54, 1.807) is 0 Å². The van der Waals surface area contributed by atoms with Gasteiger partial charge in [0.1, 0.15) is 0 Å². The van der Waals surface area contributed by atoms with E-state index in [4.69, 9.17) is 0 Å². The SMILES string of the molecule is C1CCC2CNCC2C1.[H-].[K+]. The number of hydrogen-bond donors (Lipinski definition) is 1. The van der Waals surface area contributed by atoms with E-state index < -0.39 is 0 Å². The van der Waals surface area contributed by atoms with E-state index >= 15 is 0 Å². The van der Waals surface area contributed by atoms with Crippen LogP contribution in [0.4, 0.5) is 0 Å². The first kappa shape index (κ1) is 9.68. The van der Waals surface area contributed by atoms with Crippen molar-refractivity contribution in [2.24, 2.45) is 11.8 Å². The zero-order chi connectivity index (χ0) is 6.10. The maximum atomic E-state index is 3.46. The summed E-state index contributed by atoms with van der Waals surface area (Å²) >= 11 is 0. The van der Waals surface area contributed by atoms with E-state index in [2.05, 4.69) is 5.32 Å². The standard InChI is InChI=1S/C8H15N.K.H/c1-2-4-8-6-9-5-7(8)3-1;;/h7-9H,1-6H2;;/q;+1;-1. The van der Waals surface area contributed by atoms with Crippen LogP contribution in [0.5, 0.6) is 0 Å². The van der Waals surface area contributed by atoms with Crippen molar-refractivity contribution in [1.82, 2.24) is 5.32 Å². The summed E-state index contributed by atoms with van der Waals surface area (Å²) in [6, 6.07) is 0. The van der Waals surface area contributed by atoms with Crippen LogP contribution in [-0.4, -0.2) is 13.1 Å². The van der Waals surface area contributed by atoms with Crippen LogP contribution in [-0.2, 0) is 0 Å². The second kappa shape index (κ2) is 4.58. The van der Waals surface area contributed by atoms with Crippen LogP contribution in [0.3, 0.4) is 0 Å². The summed E-state index contributed by atoms with van der Waals surface area (Å²) < 4.78 is 0. The van der Waals surface area contributed by atoms with Crippen LogP contribution in [0.15, 0.2) is 0 Å². The Bertz CT molecular complexity index is 98.3. The van der Waals surface area contributed by atoms with E-state index in [0.717, 1.165) is 11.8 Å². The molecule has 2 unspecified atom stereocenters. The molecule has 1 heterocycles. The minimum Gasteiger partial charge on any atom is -1.00 e. The number of fused-ring (bicyclic) bond motifs is 1. The topological polar surface area (TPSA) is 12.0 Å². The summed E-state index contributed by atoms with van der Waals surface area (Å²) in [6.07, 6.45) is 5.97. The molecule has 2 rings (SSSR count). The molecule has 0 aromatic rings. The van der Waals surface area contributed by atoms with Gasteiger partial charge in [-0.2, -0.15) is 0 Å². The van der Waals surface area contributed by atoms with Crippen LogP contribution in [0.2, 0.25) is 0 Å². The Kier molecular flexibility index (Phi) is 4.43. The molecule has 0 radical (unpaired) electrons. The third-order valence-electron chi connectivity index (χ3n) is 2.88. The van der Waals surface area contributed by atoms with Crippen molar-refractivity contribution in [2.75, 3.05) is 13.1 Å². The van der Waals surface area contributed by atoms with Crippen molar-refractivity contribution in [3.63, 3.8) is 0 Å². The summed E-state index contributed by atoms with van der Waals surface area (Å²) in [5.74, 6) is 2.11. The van der Waals surface area contributed by atoms with E-state index in [1.807, 2.05) is 0 Å². The molecule has 2 fully saturated rings. The Morgan fingerprint density at radius 3 is 2.00 bits per heavy atom. The van der Waals surface area contributed by atoms with Gasteiger partial charge in [0.15, 0.2) is 0 Å². The average Bonchev–Trinajstić information content (AvgIpc) is 2.33. The van der Waals surface area contributed by atoms with Crippen molar-refractivity contribution in [2.45, 2.75) is 25.7 Å². The summed E-state index contributed by atoms with van der Waals surface area (Å²) in [6.45, 7) is 2.62. The van der Waals surface area contributed by atoms with E-state index in [0.29, 0.717) is 0 Å².